The Bertz CT molecular complexity index is 121. The van der Waals surface area contributed by atoms with Gasteiger partial charge in [0.05, 0.1) is 5.22 Å². The maximum Gasteiger partial charge on any atom is 0.0519 e. The maximum absolute atomic E-state index is 5.70. The molecule has 0 aromatic heterocycles. The van der Waals surface area contributed by atoms with Crippen molar-refractivity contribution in [3.63, 3.8) is 0 Å². The van der Waals surface area contributed by atoms with Gasteiger partial charge in [-0.15, -0.1) is 6.58 Å². The zero-order valence-corrected chi connectivity index (χ0v) is 11.3. The molecule has 1 atom stereocenters. The van der Waals surface area contributed by atoms with Gasteiger partial charge in [-0.25, -0.2) is 0 Å². The van der Waals surface area contributed by atoms with Crippen molar-refractivity contribution in [1.82, 2.24) is 0 Å². The SMILES string of the molecule is C=CCC1([SiH3])CCCCO1.[Pt]. The molecule has 0 radical (unpaired) electrons. The fourth-order valence-electron chi connectivity index (χ4n) is 1.46. The van der Waals surface area contributed by atoms with E-state index in [0.717, 1.165) is 23.3 Å². The second-order valence-electron chi connectivity index (χ2n) is 3.25. The van der Waals surface area contributed by atoms with Crippen molar-refractivity contribution in [2.75, 3.05) is 6.61 Å². The van der Waals surface area contributed by atoms with Crippen LogP contribution in [0.4, 0.5) is 0 Å². The van der Waals surface area contributed by atoms with E-state index in [9.17, 15) is 0 Å². The van der Waals surface area contributed by atoms with Gasteiger partial charge in [0.2, 0.25) is 0 Å². The molecule has 1 rings (SSSR count). The largest absolute Gasteiger partial charge is 0.379 e. The van der Waals surface area contributed by atoms with Crippen LogP contribution < -0.4 is 0 Å². The third kappa shape index (κ3) is 3.68. The Morgan fingerprint density at radius 3 is 2.73 bits per heavy atom. The Morgan fingerprint density at radius 2 is 2.27 bits per heavy atom. The van der Waals surface area contributed by atoms with Crippen molar-refractivity contribution in [3.05, 3.63) is 12.7 Å². The van der Waals surface area contributed by atoms with E-state index < -0.39 is 0 Å². The quantitative estimate of drug-likeness (QED) is 0.529. The molecule has 3 heteroatoms. The average molecular weight is 351 g/mol. The molecule has 0 amide bonds. The van der Waals surface area contributed by atoms with Gasteiger partial charge in [0.25, 0.3) is 0 Å². The molecular weight excluding hydrogens is 335 g/mol. The van der Waals surface area contributed by atoms with E-state index >= 15 is 0 Å². The van der Waals surface area contributed by atoms with Crippen LogP contribution in [0.2, 0.25) is 0 Å². The minimum Gasteiger partial charge on any atom is -0.379 e. The molecule has 0 aromatic rings. The van der Waals surface area contributed by atoms with Gasteiger partial charge in [-0.05, 0) is 25.7 Å². The summed E-state index contributed by atoms with van der Waals surface area (Å²) in [6.45, 7) is 4.71. The number of hydrogen-bond donors (Lipinski definition) is 0. The summed E-state index contributed by atoms with van der Waals surface area (Å²) < 4.78 is 5.70. The molecular formula is C8H16OPtSi. The second kappa shape index (κ2) is 5.29. The standard InChI is InChI=1S/C8H16OSi.Pt/c1-2-5-8(10)6-3-4-7-9-8;/h2H,1,3-7H2,10H3;. The van der Waals surface area contributed by atoms with Crippen molar-refractivity contribution in [1.29, 1.82) is 0 Å². The minimum absolute atomic E-state index is 0. The van der Waals surface area contributed by atoms with E-state index in [-0.39, 0.29) is 26.3 Å². The molecule has 1 unspecified atom stereocenters. The average Bonchev–Trinajstić information content (AvgIpc) is 1.89. The van der Waals surface area contributed by atoms with Crippen LogP contribution in [0.3, 0.4) is 0 Å². The van der Waals surface area contributed by atoms with Crippen LogP contribution in [-0.4, -0.2) is 22.1 Å². The summed E-state index contributed by atoms with van der Waals surface area (Å²) in [7, 11) is 1.15. The van der Waals surface area contributed by atoms with E-state index in [1.807, 2.05) is 6.08 Å². The van der Waals surface area contributed by atoms with Gasteiger partial charge in [0, 0.05) is 37.9 Å². The van der Waals surface area contributed by atoms with Crippen LogP contribution in [0.5, 0.6) is 0 Å². The molecule has 0 N–H and O–H groups in total. The van der Waals surface area contributed by atoms with Crippen molar-refractivity contribution in [2.45, 2.75) is 30.9 Å². The second-order valence-corrected chi connectivity index (χ2v) is 5.07. The molecule has 0 bridgehead atoms. The Balaban J connectivity index is 0.000001000. The fraction of sp³-hybridized carbons (Fsp3) is 0.750. The summed E-state index contributed by atoms with van der Waals surface area (Å²) in [5.74, 6) is 0. The fourth-order valence-corrected chi connectivity index (χ4v) is 2.30. The molecule has 0 aliphatic carbocycles. The number of rotatable bonds is 2. The molecule has 0 saturated carbocycles. The minimum atomic E-state index is 0. The van der Waals surface area contributed by atoms with Crippen molar-refractivity contribution < 1.29 is 25.8 Å². The molecule has 1 nitrogen and oxygen atoms in total. The first kappa shape index (κ1) is 11.6. The zero-order valence-electron chi connectivity index (χ0n) is 7.04. The molecule has 1 fully saturated rings. The van der Waals surface area contributed by atoms with E-state index in [4.69, 9.17) is 4.74 Å². The first-order chi connectivity index (χ1) is 4.77. The molecule has 0 spiro atoms. The first-order valence-corrected chi connectivity index (χ1v) is 5.02. The third-order valence-corrected chi connectivity index (χ3v) is 3.32. The van der Waals surface area contributed by atoms with Crippen LogP contribution >= 0.6 is 0 Å². The van der Waals surface area contributed by atoms with E-state index in [1.54, 1.807) is 0 Å². The maximum atomic E-state index is 5.70. The third-order valence-electron chi connectivity index (χ3n) is 2.13. The van der Waals surface area contributed by atoms with Crippen LogP contribution in [0, 0.1) is 0 Å². The first-order valence-electron chi connectivity index (χ1n) is 4.02. The summed E-state index contributed by atoms with van der Waals surface area (Å²) in [6.07, 6.45) is 6.89. The predicted molar refractivity (Wildman–Crippen MR) is 47.3 cm³/mol. The Morgan fingerprint density at radius 1 is 1.55 bits per heavy atom. The van der Waals surface area contributed by atoms with E-state index in [2.05, 4.69) is 6.58 Å². The predicted octanol–water partition coefficient (Wildman–Crippen LogP) is 0.822. The number of hydrogen-bond acceptors (Lipinski definition) is 1. The van der Waals surface area contributed by atoms with Gasteiger partial charge in [0.1, 0.15) is 0 Å². The molecule has 1 aliphatic rings. The molecule has 1 aliphatic heterocycles. The summed E-state index contributed by atoms with van der Waals surface area (Å²) >= 11 is 0. The summed E-state index contributed by atoms with van der Waals surface area (Å²) in [6, 6.07) is 0. The van der Waals surface area contributed by atoms with Crippen molar-refractivity contribution >= 4 is 10.2 Å². The zero-order chi connectivity index (χ0) is 7.45. The Kier molecular flexibility index (Phi) is 5.58. The van der Waals surface area contributed by atoms with Gasteiger partial charge < -0.3 is 4.74 Å². The van der Waals surface area contributed by atoms with Gasteiger partial charge in [-0.1, -0.05) is 6.08 Å². The van der Waals surface area contributed by atoms with Gasteiger partial charge in [-0.3, -0.25) is 0 Å². The van der Waals surface area contributed by atoms with E-state index in [0.29, 0.717) is 0 Å². The van der Waals surface area contributed by atoms with Crippen LogP contribution in [0.1, 0.15) is 25.7 Å². The Labute approximate surface area is 86.3 Å². The van der Waals surface area contributed by atoms with Crippen molar-refractivity contribution in [2.24, 2.45) is 0 Å². The van der Waals surface area contributed by atoms with Gasteiger partial charge >= 0.3 is 0 Å². The molecule has 68 valence electrons. The number of ether oxygens (including phenoxy) is 1. The molecule has 1 saturated heterocycles. The normalized spacial score (nSPS) is 30.9. The van der Waals surface area contributed by atoms with E-state index in [1.165, 1.54) is 19.3 Å². The van der Waals surface area contributed by atoms with Crippen molar-refractivity contribution in [3.8, 4) is 0 Å². The van der Waals surface area contributed by atoms with Crippen LogP contribution in [0.25, 0.3) is 0 Å². The molecule has 1 heterocycles. The summed E-state index contributed by atoms with van der Waals surface area (Å²) in [5.41, 5.74) is 0. The molecule has 11 heavy (non-hydrogen) atoms. The van der Waals surface area contributed by atoms with Gasteiger partial charge in [-0.2, -0.15) is 0 Å². The monoisotopic (exact) mass is 351 g/mol. The Hall–Kier alpha value is 0.605. The summed E-state index contributed by atoms with van der Waals surface area (Å²) in [5, 5.41) is 0.250. The van der Waals surface area contributed by atoms with Crippen LogP contribution in [0.15, 0.2) is 12.7 Å². The smallest absolute Gasteiger partial charge is 0.0519 e. The topological polar surface area (TPSA) is 9.23 Å². The van der Waals surface area contributed by atoms with Crippen LogP contribution in [-0.2, 0) is 25.8 Å². The molecule has 0 aromatic carbocycles. The summed E-state index contributed by atoms with van der Waals surface area (Å²) in [4.78, 5) is 0. The van der Waals surface area contributed by atoms with Gasteiger partial charge in [0.15, 0.2) is 0 Å².